The first kappa shape index (κ1) is 16.8. The van der Waals surface area contributed by atoms with Crippen LogP contribution in [0.2, 0.25) is 0 Å². The summed E-state index contributed by atoms with van der Waals surface area (Å²) in [5, 5.41) is 13.3. The minimum atomic E-state index is -0.258. The van der Waals surface area contributed by atoms with Crippen molar-refractivity contribution in [3.63, 3.8) is 0 Å². The molecule has 2 fully saturated rings. The predicted molar refractivity (Wildman–Crippen MR) is 88.0 cm³/mol. The summed E-state index contributed by atoms with van der Waals surface area (Å²) in [6.07, 6.45) is 8.74. The highest BCUT2D eigenvalue weighted by Gasteiger charge is 2.43. The van der Waals surface area contributed by atoms with Crippen LogP contribution in [0.25, 0.3) is 0 Å². The average Bonchev–Trinajstić information content (AvgIpc) is 3.16. The van der Waals surface area contributed by atoms with E-state index in [-0.39, 0.29) is 5.54 Å². The van der Waals surface area contributed by atoms with E-state index in [2.05, 4.69) is 37.1 Å². The highest BCUT2D eigenvalue weighted by molar-refractivity contribution is 5.14. The molecule has 0 saturated heterocycles. The van der Waals surface area contributed by atoms with Gasteiger partial charge in [-0.15, -0.1) is 0 Å². The molecule has 0 amide bonds. The third kappa shape index (κ3) is 4.69. The van der Waals surface area contributed by atoms with Gasteiger partial charge in [0.1, 0.15) is 5.54 Å². The number of nitrogens with one attached hydrogen (secondary N) is 1. The molecule has 2 saturated carbocycles. The van der Waals surface area contributed by atoms with Crippen LogP contribution in [0, 0.1) is 23.2 Å². The Labute approximate surface area is 131 Å². The number of hydrogen-bond acceptors (Lipinski definition) is 3. The van der Waals surface area contributed by atoms with Crippen molar-refractivity contribution in [1.82, 2.24) is 10.2 Å². The Kier molecular flexibility index (Phi) is 6.08. The van der Waals surface area contributed by atoms with E-state index in [9.17, 15) is 5.26 Å². The van der Waals surface area contributed by atoms with Crippen LogP contribution in [0.1, 0.15) is 65.7 Å². The predicted octanol–water partition coefficient (Wildman–Crippen LogP) is 3.56. The molecular weight excluding hydrogens is 258 g/mol. The van der Waals surface area contributed by atoms with Crippen molar-refractivity contribution in [2.75, 3.05) is 19.6 Å². The number of nitrogens with zero attached hydrogens (tertiary/aromatic N) is 2. The van der Waals surface area contributed by atoms with Gasteiger partial charge in [-0.25, -0.2) is 0 Å². The Morgan fingerprint density at radius 1 is 1.29 bits per heavy atom. The third-order valence-corrected chi connectivity index (χ3v) is 5.11. The van der Waals surface area contributed by atoms with Gasteiger partial charge in [0.2, 0.25) is 0 Å². The molecule has 2 unspecified atom stereocenters. The van der Waals surface area contributed by atoms with Crippen LogP contribution in [0.3, 0.4) is 0 Å². The highest BCUT2D eigenvalue weighted by Crippen LogP contribution is 2.38. The van der Waals surface area contributed by atoms with Gasteiger partial charge in [-0.2, -0.15) is 5.26 Å². The van der Waals surface area contributed by atoms with Crippen LogP contribution in [0.4, 0.5) is 0 Å². The summed E-state index contributed by atoms with van der Waals surface area (Å²) in [6, 6.07) is 3.03. The van der Waals surface area contributed by atoms with Gasteiger partial charge in [-0.05, 0) is 77.3 Å². The standard InChI is InChI=1S/C18H33N3/c1-4-11-21(13-16-7-8-16)12-9-17-6-5-10-18(17,14-19)20-15(2)3/h15-17,20H,4-13H2,1-3H3. The van der Waals surface area contributed by atoms with Crippen LogP contribution < -0.4 is 5.32 Å². The summed E-state index contributed by atoms with van der Waals surface area (Å²) in [5.74, 6) is 1.50. The lowest BCUT2D eigenvalue weighted by Crippen LogP contribution is -2.50. The van der Waals surface area contributed by atoms with Gasteiger partial charge in [0.05, 0.1) is 6.07 Å². The lowest BCUT2D eigenvalue weighted by molar-refractivity contribution is 0.211. The first-order valence-electron chi connectivity index (χ1n) is 9.01. The normalized spacial score (nSPS) is 29.2. The van der Waals surface area contributed by atoms with Gasteiger partial charge in [0.25, 0.3) is 0 Å². The SMILES string of the molecule is CCCN(CCC1CCCC1(C#N)NC(C)C)CC1CC1. The van der Waals surface area contributed by atoms with E-state index >= 15 is 0 Å². The van der Waals surface area contributed by atoms with Crippen LogP contribution in [0.5, 0.6) is 0 Å². The number of rotatable bonds is 9. The van der Waals surface area contributed by atoms with Crippen LogP contribution >= 0.6 is 0 Å². The van der Waals surface area contributed by atoms with Gasteiger partial charge in [0.15, 0.2) is 0 Å². The van der Waals surface area contributed by atoms with Gasteiger partial charge >= 0.3 is 0 Å². The zero-order valence-electron chi connectivity index (χ0n) is 14.2. The molecule has 2 rings (SSSR count). The quantitative estimate of drug-likeness (QED) is 0.706. The molecule has 2 aliphatic rings. The first-order valence-corrected chi connectivity index (χ1v) is 9.01. The van der Waals surface area contributed by atoms with E-state index in [0.717, 1.165) is 12.3 Å². The van der Waals surface area contributed by atoms with Crippen molar-refractivity contribution in [3.05, 3.63) is 0 Å². The second-order valence-corrected chi connectivity index (χ2v) is 7.50. The maximum absolute atomic E-state index is 9.73. The van der Waals surface area contributed by atoms with Crippen LogP contribution in [0.15, 0.2) is 0 Å². The minimum absolute atomic E-state index is 0.258. The van der Waals surface area contributed by atoms with E-state index in [1.807, 2.05) is 0 Å². The van der Waals surface area contributed by atoms with Gasteiger partial charge in [0, 0.05) is 12.6 Å². The highest BCUT2D eigenvalue weighted by atomic mass is 15.1. The van der Waals surface area contributed by atoms with E-state index < -0.39 is 0 Å². The largest absolute Gasteiger partial charge is 0.303 e. The molecule has 0 bridgehead atoms. The van der Waals surface area contributed by atoms with Crippen molar-refractivity contribution in [2.45, 2.75) is 77.3 Å². The summed E-state index contributed by atoms with van der Waals surface area (Å²) in [7, 11) is 0. The van der Waals surface area contributed by atoms with E-state index in [4.69, 9.17) is 0 Å². The Morgan fingerprint density at radius 2 is 2.05 bits per heavy atom. The third-order valence-electron chi connectivity index (χ3n) is 5.11. The Balaban J connectivity index is 1.88. The monoisotopic (exact) mass is 291 g/mol. The molecule has 2 aliphatic carbocycles. The zero-order chi connectivity index (χ0) is 15.3. The van der Waals surface area contributed by atoms with Crippen LogP contribution in [-0.2, 0) is 0 Å². The average molecular weight is 291 g/mol. The van der Waals surface area contributed by atoms with Crippen LogP contribution in [-0.4, -0.2) is 36.1 Å². The minimum Gasteiger partial charge on any atom is -0.303 e. The lowest BCUT2D eigenvalue weighted by Gasteiger charge is -2.33. The van der Waals surface area contributed by atoms with E-state index in [1.165, 1.54) is 58.2 Å². The summed E-state index contributed by atoms with van der Waals surface area (Å²) in [5.41, 5.74) is -0.258. The Bertz CT molecular complexity index is 356. The molecule has 0 aliphatic heterocycles. The van der Waals surface area contributed by atoms with Crippen molar-refractivity contribution in [3.8, 4) is 6.07 Å². The molecule has 120 valence electrons. The molecule has 21 heavy (non-hydrogen) atoms. The second-order valence-electron chi connectivity index (χ2n) is 7.50. The lowest BCUT2D eigenvalue weighted by atomic mass is 9.85. The topological polar surface area (TPSA) is 39.1 Å². The van der Waals surface area contributed by atoms with Crippen molar-refractivity contribution in [2.24, 2.45) is 11.8 Å². The Morgan fingerprint density at radius 3 is 2.62 bits per heavy atom. The first-order chi connectivity index (χ1) is 10.1. The smallest absolute Gasteiger partial charge is 0.109 e. The Hall–Kier alpha value is -0.590. The molecular formula is C18H33N3. The van der Waals surface area contributed by atoms with E-state index in [1.54, 1.807) is 0 Å². The van der Waals surface area contributed by atoms with Crippen molar-refractivity contribution >= 4 is 0 Å². The molecule has 0 aromatic heterocycles. The summed E-state index contributed by atoms with van der Waals surface area (Å²) in [6.45, 7) is 10.3. The summed E-state index contributed by atoms with van der Waals surface area (Å²) >= 11 is 0. The fourth-order valence-corrected chi connectivity index (χ4v) is 3.97. The van der Waals surface area contributed by atoms with Gasteiger partial charge < -0.3 is 4.90 Å². The molecule has 0 aromatic carbocycles. The molecule has 2 atom stereocenters. The number of nitriles is 1. The molecule has 0 radical (unpaired) electrons. The molecule has 1 N–H and O–H groups in total. The van der Waals surface area contributed by atoms with Gasteiger partial charge in [-0.1, -0.05) is 13.3 Å². The van der Waals surface area contributed by atoms with Crippen molar-refractivity contribution < 1.29 is 0 Å². The van der Waals surface area contributed by atoms with Gasteiger partial charge in [-0.3, -0.25) is 5.32 Å². The fraction of sp³-hybridized carbons (Fsp3) is 0.944. The molecule has 3 nitrogen and oxygen atoms in total. The zero-order valence-corrected chi connectivity index (χ0v) is 14.2. The van der Waals surface area contributed by atoms with E-state index in [0.29, 0.717) is 12.0 Å². The number of hydrogen-bond donors (Lipinski definition) is 1. The fourth-order valence-electron chi connectivity index (χ4n) is 3.97. The molecule has 0 aromatic rings. The maximum Gasteiger partial charge on any atom is 0.109 e. The molecule has 0 heterocycles. The maximum atomic E-state index is 9.73. The summed E-state index contributed by atoms with van der Waals surface area (Å²) in [4.78, 5) is 2.65. The van der Waals surface area contributed by atoms with Crippen molar-refractivity contribution in [1.29, 1.82) is 5.26 Å². The summed E-state index contributed by atoms with van der Waals surface area (Å²) < 4.78 is 0. The second kappa shape index (κ2) is 7.61. The molecule has 3 heteroatoms. The molecule has 0 spiro atoms.